The Morgan fingerprint density at radius 2 is 1.86 bits per heavy atom. The Hall–Kier alpha value is -1.14. The lowest BCUT2D eigenvalue weighted by molar-refractivity contribution is 0.304. The molecule has 0 saturated heterocycles. The summed E-state index contributed by atoms with van der Waals surface area (Å²) in [6.07, 6.45) is 1.06. The Bertz CT molecular complexity index is 572. The van der Waals surface area contributed by atoms with Gasteiger partial charge in [-0.1, -0.05) is 19.1 Å². The van der Waals surface area contributed by atoms with Gasteiger partial charge < -0.3 is 10.1 Å². The minimum absolute atomic E-state index is 0.261. The summed E-state index contributed by atoms with van der Waals surface area (Å²) in [5, 5.41) is 3.26. The lowest BCUT2D eigenvalue weighted by Gasteiger charge is -2.09. The second-order valence-corrected chi connectivity index (χ2v) is 6.13. The highest BCUT2D eigenvalue weighted by atomic mass is 127. The van der Waals surface area contributed by atoms with Crippen molar-refractivity contribution in [3.63, 3.8) is 0 Å². The molecule has 0 spiro atoms. The number of rotatable bonds is 7. The molecule has 2 aromatic rings. The van der Waals surface area contributed by atoms with Gasteiger partial charge in [0.15, 0.2) is 0 Å². The Morgan fingerprint density at radius 1 is 1.10 bits per heavy atom. The van der Waals surface area contributed by atoms with Crippen molar-refractivity contribution >= 4 is 22.6 Å². The number of halogens is 2. The van der Waals surface area contributed by atoms with Crippen LogP contribution in [0.5, 0.6) is 5.75 Å². The van der Waals surface area contributed by atoms with Crippen LogP contribution in [0.1, 0.15) is 24.5 Å². The molecular weight excluding hydrogens is 380 g/mol. The zero-order valence-electron chi connectivity index (χ0n) is 12.0. The number of hydrogen-bond acceptors (Lipinski definition) is 2. The zero-order chi connectivity index (χ0) is 15.1. The highest BCUT2D eigenvalue weighted by Gasteiger charge is 2.03. The fourth-order valence-corrected chi connectivity index (χ4v) is 2.32. The molecule has 0 atom stereocenters. The van der Waals surface area contributed by atoms with Gasteiger partial charge in [0.1, 0.15) is 18.2 Å². The molecule has 0 aliphatic carbocycles. The van der Waals surface area contributed by atoms with Crippen LogP contribution < -0.4 is 10.1 Å². The maximum atomic E-state index is 13.6. The third-order valence-corrected chi connectivity index (χ3v) is 3.72. The average molecular weight is 399 g/mol. The van der Waals surface area contributed by atoms with Crippen LogP contribution in [0.4, 0.5) is 4.39 Å². The summed E-state index contributed by atoms with van der Waals surface area (Å²) >= 11 is 2.26. The lowest BCUT2D eigenvalue weighted by atomic mass is 10.2. The van der Waals surface area contributed by atoms with E-state index < -0.39 is 0 Å². The van der Waals surface area contributed by atoms with E-state index in [4.69, 9.17) is 4.74 Å². The number of hydrogen-bond donors (Lipinski definition) is 1. The van der Waals surface area contributed by atoms with Crippen LogP contribution in [-0.2, 0) is 13.2 Å². The van der Waals surface area contributed by atoms with Gasteiger partial charge in [0.2, 0.25) is 0 Å². The first-order valence-corrected chi connectivity index (χ1v) is 8.12. The average Bonchev–Trinajstić information content (AvgIpc) is 2.46. The molecule has 4 heteroatoms. The molecule has 0 unspecified atom stereocenters. The first kappa shape index (κ1) is 16.2. The first-order valence-electron chi connectivity index (χ1n) is 7.05. The van der Waals surface area contributed by atoms with E-state index in [1.165, 1.54) is 9.64 Å². The maximum Gasteiger partial charge on any atom is 0.127 e. The maximum absolute atomic E-state index is 13.6. The normalized spacial score (nSPS) is 10.6. The van der Waals surface area contributed by atoms with Crippen molar-refractivity contribution in [3.05, 3.63) is 63.0 Å². The minimum atomic E-state index is -0.261. The van der Waals surface area contributed by atoms with Crippen molar-refractivity contribution in [2.24, 2.45) is 0 Å². The quantitative estimate of drug-likeness (QED) is 0.547. The Morgan fingerprint density at radius 3 is 2.57 bits per heavy atom. The largest absolute Gasteiger partial charge is 0.489 e. The van der Waals surface area contributed by atoms with Gasteiger partial charge in [-0.2, -0.15) is 0 Å². The summed E-state index contributed by atoms with van der Waals surface area (Å²) in [6.45, 7) is 4.14. The van der Waals surface area contributed by atoms with Crippen molar-refractivity contribution in [1.82, 2.24) is 5.32 Å². The highest BCUT2D eigenvalue weighted by Crippen LogP contribution is 2.18. The highest BCUT2D eigenvalue weighted by molar-refractivity contribution is 14.1. The Balaban J connectivity index is 1.97. The molecule has 112 valence electrons. The number of ether oxygens (including phenoxy) is 1. The predicted octanol–water partition coefficient (Wildman–Crippen LogP) is 4.51. The molecule has 0 radical (unpaired) electrons. The second kappa shape index (κ2) is 8.34. The molecular formula is C17H19FINO. The Kier molecular flexibility index (Phi) is 6.45. The molecule has 0 aromatic heterocycles. The molecule has 0 heterocycles. The summed E-state index contributed by atoms with van der Waals surface area (Å²) in [5.41, 5.74) is 1.98. The molecule has 0 fully saturated rings. The van der Waals surface area contributed by atoms with Gasteiger partial charge in [0.05, 0.1) is 0 Å². The summed E-state index contributed by atoms with van der Waals surface area (Å²) in [6, 6.07) is 13.0. The van der Waals surface area contributed by atoms with Crippen LogP contribution in [0, 0.1) is 9.39 Å². The van der Waals surface area contributed by atoms with Crippen LogP contribution in [-0.4, -0.2) is 6.54 Å². The van der Waals surface area contributed by atoms with E-state index in [-0.39, 0.29) is 5.82 Å². The van der Waals surface area contributed by atoms with Gasteiger partial charge in [0, 0.05) is 16.2 Å². The van der Waals surface area contributed by atoms with E-state index in [1.807, 2.05) is 30.3 Å². The molecule has 2 rings (SSSR count). The summed E-state index contributed by atoms with van der Waals surface area (Å²) in [7, 11) is 0. The smallest absolute Gasteiger partial charge is 0.127 e. The van der Waals surface area contributed by atoms with Gasteiger partial charge in [-0.25, -0.2) is 4.39 Å². The molecule has 1 N–H and O–H groups in total. The first-order chi connectivity index (χ1) is 10.2. The van der Waals surface area contributed by atoms with Crippen molar-refractivity contribution in [2.75, 3.05) is 6.54 Å². The minimum Gasteiger partial charge on any atom is -0.489 e. The molecule has 0 aliphatic rings. The molecule has 2 aromatic carbocycles. The van der Waals surface area contributed by atoms with Gasteiger partial charge in [-0.05, 0) is 70.9 Å². The van der Waals surface area contributed by atoms with Gasteiger partial charge in [-0.3, -0.25) is 0 Å². The van der Waals surface area contributed by atoms with Crippen molar-refractivity contribution in [2.45, 2.75) is 26.5 Å². The van der Waals surface area contributed by atoms with Crippen LogP contribution >= 0.6 is 22.6 Å². The molecule has 0 bridgehead atoms. The molecule has 0 aliphatic heterocycles. The summed E-state index contributed by atoms with van der Waals surface area (Å²) < 4.78 is 20.5. The van der Waals surface area contributed by atoms with Gasteiger partial charge in [0.25, 0.3) is 0 Å². The van der Waals surface area contributed by atoms with E-state index in [2.05, 4.69) is 34.8 Å². The Labute approximate surface area is 138 Å². The SMILES string of the molecule is CCCNCc1cc(F)cc(OCc2ccc(I)cc2)c1. The molecule has 21 heavy (non-hydrogen) atoms. The summed E-state index contributed by atoms with van der Waals surface area (Å²) in [4.78, 5) is 0. The van der Waals surface area contributed by atoms with E-state index >= 15 is 0 Å². The van der Waals surface area contributed by atoms with E-state index in [0.29, 0.717) is 18.9 Å². The van der Waals surface area contributed by atoms with Crippen molar-refractivity contribution in [1.29, 1.82) is 0 Å². The van der Waals surface area contributed by atoms with Crippen molar-refractivity contribution in [3.8, 4) is 5.75 Å². The third kappa shape index (κ3) is 5.63. The van der Waals surface area contributed by atoms with Crippen LogP contribution in [0.3, 0.4) is 0 Å². The van der Waals surface area contributed by atoms with E-state index in [0.717, 1.165) is 24.1 Å². The second-order valence-electron chi connectivity index (χ2n) is 4.89. The lowest BCUT2D eigenvalue weighted by Crippen LogP contribution is -2.14. The summed E-state index contributed by atoms with van der Waals surface area (Å²) in [5.74, 6) is 0.310. The van der Waals surface area contributed by atoms with Crippen LogP contribution in [0.25, 0.3) is 0 Å². The van der Waals surface area contributed by atoms with Gasteiger partial charge >= 0.3 is 0 Å². The molecule has 2 nitrogen and oxygen atoms in total. The fourth-order valence-electron chi connectivity index (χ4n) is 1.96. The predicted molar refractivity (Wildman–Crippen MR) is 91.9 cm³/mol. The third-order valence-electron chi connectivity index (χ3n) is 3.01. The van der Waals surface area contributed by atoms with E-state index in [1.54, 1.807) is 6.07 Å². The number of nitrogens with one attached hydrogen (secondary N) is 1. The standard InChI is InChI=1S/C17H19FINO/c1-2-7-20-11-14-8-15(18)10-17(9-14)21-12-13-3-5-16(19)6-4-13/h3-6,8-10,20H,2,7,11-12H2,1H3. The zero-order valence-corrected chi connectivity index (χ0v) is 14.2. The molecule has 0 amide bonds. The topological polar surface area (TPSA) is 21.3 Å². The van der Waals surface area contributed by atoms with Crippen molar-refractivity contribution < 1.29 is 9.13 Å². The van der Waals surface area contributed by atoms with Crippen LogP contribution in [0.2, 0.25) is 0 Å². The molecule has 0 saturated carbocycles. The van der Waals surface area contributed by atoms with Crippen LogP contribution in [0.15, 0.2) is 42.5 Å². The monoisotopic (exact) mass is 399 g/mol. The van der Waals surface area contributed by atoms with E-state index in [9.17, 15) is 4.39 Å². The fraction of sp³-hybridized carbons (Fsp3) is 0.294. The number of benzene rings is 2. The van der Waals surface area contributed by atoms with Gasteiger partial charge in [-0.15, -0.1) is 0 Å².